The Kier molecular flexibility index (Phi) is 18.2. The van der Waals surface area contributed by atoms with E-state index in [-0.39, 0.29) is 24.9 Å². The summed E-state index contributed by atoms with van der Waals surface area (Å²) in [5.74, 6) is 0.857. The van der Waals surface area contributed by atoms with Gasteiger partial charge in [0.1, 0.15) is 6.04 Å². The van der Waals surface area contributed by atoms with Gasteiger partial charge < -0.3 is 31.1 Å². The highest BCUT2D eigenvalue weighted by Crippen LogP contribution is 2.12. The van der Waals surface area contributed by atoms with E-state index in [0.29, 0.717) is 31.7 Å². The maximum atomic E-state index is 13.1. The Morgan fingerprint density at radius 2 is 1.38 bits per heavy atom. The number of nitrogens with zero attached hydrogens (tertiary/aromatic N) is 1. The summed E-state index contributed by atoms with van der Waals surface area (Å²) in [6.45, 7) is 4.57. The minimum atomic E-state index is -1.13. The Hall–Kier alpha value is -2.17. The van der Waals surface area contributed by atoms with Gasteiger partial charge in [0.2, 0.25) is 11.8 Å². The Balaban J connectivity index is 4.72. The molecule has 0 aliphatic carbocycles. The van der Waals surface area contributed by atoms with Crippen LogP contribution in [0.25, 0.3) is 0 Å². The van der Waals surface area contributed by atoms with Gasteiger partial charge in [0.05, 0.1) is 0 Å². The van der Waals surface area contributed by atoms with Crippen molar-refractivity contribution in [3.63, 3.8) is 0 Å². The number of thioether (sulfide) groups is 1. The van der Waals surface area contributed by atoms with Crippen LogP contribution in [-0.4, -0.2) is 82.8 Å². The van der Waals surface area contributed by atoms with Crippen molar-refractivity contribution in [2.45, 2.75) is 71.3 Å². The van der Waals surface area contributed by atoms with E-state index in [2.05, 4.69) is 22.9 Å². The van der Waals surface area contributed by atoms with Crippen LogP contribution >= 0.6 is 11.8 Å². The third-order valence-corrected chi connectivity index (χ3v) is 5.82. The average Bonchev–Trinajstić information content (AvgIpc) is 2.72. The van der Waals surface area contributed by atoms with E-state index in [1.54, 1.807) is 16.7 Å². The second-order valence-electron chi connectivity index (χ2n) is 7.59. The molecule has 0 bridgehead atoms. The standard InChI is InChI=1S/C21H40N4O6S/c1-3-4-5-6-7-8-15-32-16-18(24-17(2)26)19(27)25(13-9-11-22-20(28)29)14-10-12-23-21(30)31/h18,22-23H,3-16H2,1-2H3,(H,24,26)(H,28,29)(H,30,31). The molecule has 0 spiro atoms. The molecule has 1 unspecified atom stereocenters. The highest BCUT2D eigenvalue weighted by atomic mass is 32.2. The number of unbranched alkanes of at least 4 members (excludes halogenated alkanes) is 5. The number of carboxylic acid groups (broad SMARTS) is 2. The van der Waals surface area contributed by atoms with E-state index in [1.165, 1.54) is 32.6 Å². The SMILES string of the molecule is CCCCCCCCSCC(NC(C)=O)C(=O)N(CCCNC(=O)O)CCCNC(=O)O. The van der Waals surface area contributed by atoms with Gasteiger partial charge in [-0.3, -0.25) is 9.59 Å². The first kappa shape index (κ1) is 29.8. The van der Waals surface area contributed by atoms with Crippen molar-refractivity contribution in [3.8, 4) is 0 Å². The lowest BCUT2D eigenvalue weighted by atomic mass is 10.1. The molecule has 1 atom stereocenters. The summed E-state index contributed by atoms with van der Waals surface area (Å²) in [4.78, 5) is 47.6. The summed E-state index contributed by atoms with van der Waals surface area (Å²) < 4.78 is 0. The summed E-state index contributed by atoms with van der Waals surface area (Å²) in [5, 5.41) is 24.6. The van der Waals surface area contributed by atoms with Gasteiger partial charge in [0.25, 0.3) is 0 Å². The van der Waals surface area contributed by atoms with Gasteiger partial charge in [-0.15, -0.1) is 0 Å². The number of hydrogen-bond donors (Lipinski definition) is 5. The topological polar surface area (TPSA) is 148 Å². The van der Waals surface area contributed by atoms with Crippen LogP contribution in [0.4, 0.5) is 9.59 Å². The molecule has 0 aromatic heterocycles. The zero-order valence-electron chi connectivity index (χ0n) is 19.4. The lowest BCUT2D eigenvalue weighted by Gasteiger charge is -2.28. The molecule has 0 aliphatic rings. The first-order chi connectivity index (χ1) is 15.3. The lowest BCUT2D eigenvalue weighted by Crippen LogP contribution is -2.50. The molecule has 0 aromatic rings. The zero-order valence-corrected chi connectivity index (χ0v) is 20.2. The molecule has 32 heavy (non-hydrogen) atoms. The molecule has 0 saturated heterocycles. The van der Waals surface area contributed by atoms with Crippen LogP contribution in [0.1, 0.15) is 65.2 Å². The van der Waals surface area contributed by atoms with E-state index in [1.807, 2.05) is 0 Å². The minimum Gasteiger partial charge on any atom is -0.465 e. The molecule has 5 N–H and O–H groups in total. The minimum absolute atomic E-state index is 0.198. The fraction of sp³-hybridized carbons (Fsp3) is 0.810. The normalized spacial score (nSPS) is 11.4. The van der Waals surface area contributed by atoms with Crippen molar-refractivity contribution in [3.05, 3.63) is 0 Å². The molecular weight excluding hydrogens is 436 g/mol. The number of hydrogen-bond acceptors (Lipinski definition) is 5. The number of nitrogens with one attached hydrogen (secondary N) is 3. The monoisotopic (exact) mass is 476 g/mol. The highest BCUT2D eigenvalue weighted by Gasteiger charge is 2.24. The molecule has 0 aliphatic heterocycles. The third-order valence-electron chi connectivity index (χ3n) is 4.68. The first-order valence-corrected chi connectivity index (χ1v) is 12.5. The van der Waals surface area contributed by atoms with Crippen molar-refractivity contribution in [1.29, 1.82) is 0 Å². The first-order valence-electron chi connectivity index (χ1n) is 11.3. The van der Waals surface area contributed by atoms with E-state index < -0.39 is 18.2 Å². The molecule has 11 heteroatoms. The molecule has 0 radical (unpaired) electrons. The van der Waals surface area contributed by atoms with Crippen molar-refractivity contribution in [2.24, 2.45) is 0 Å². The lowest BCUT2D eigenvalue weighted by molar-refractivity contribution is -0.135. The molecule has 186 valence electrons. The van der Waals surface area contributed by atoms with Gasteiger partial charge >= 0.3 is 12.2 Å². The van der Waals surface area contributed by atoms with Gasteiger partial charge in [-0.1, -0.05) is 39.0 Å². The fourth-order valence-electron chi connectivity index (χ4n) is 3.09. The van der Waals surface area contributed by atoms with Gasteiger partial charge in [0.15, 0.2) is 0 Å². The summed E-state index contributed by atoms with van der Waals surface area (Å²) in [7, 11) is 0. The van der Waals surface area contributed by atoms with E-state index in [9.17, 15) is 19.2 Å². The van der Waals surface area contributed by atoms with Crippen LogP contribution in [0.5, 0.6) is 0 Å². The highest BCUT2D eigenvalue weighted by molar-refractivity contribution is 7.99. The van der Waals surface area contributed by atoms with E-state index >= 15 is 0 Å². The fourth-order valence-corrected chi connectivity index (χ4v) is 4.13. The molecule has 0 aromatic carbocycles. The van der Waals surface area contributed by atoms with Crippen molar-refractivity contribution < 1.29 is 29.4 Å². The zero-order chi connectivity index (χ0) is 24.2. The van der Waals surface area contributed by atoms with Crippen LogP contribution < -0.4 is 16.0 Å². The number of carbonyl (C=O) groups is 4. The Morgan fingerprint density at radius 1 is 0.844 bits per heavy atom. The van der Waals surface area contributed by atoms with Crippen LogP contribution in [0.15, 0.2) is 0 Å². The second-order valence-corrected chi connectivity index (χ2v) is 8.74. The van der Waals surface area contributed by atoms with Crippen LogP contribution in [0.3, 0.4) is 0 Å². The number of amides is 4. The van der Waals surface area contributed by atoms with Gasteiger partial charge in [-0.25, -0.2) is 9.59 Å². The number of rotatable bonds is 19. The Bertz CT molecular complexity index is 542. The summed E-state index contributed by atoms with van der Waals surface area (Å²) >= 11 is 1.64. The summed E-state index contributed by atoms with van der Waals surface area (Å²) in [6, 6.07) is -0.669. The molecule has 10 nitrogen and oxygen atoms in total. The summed E-state index contributed by atoms with van der Waals surface area (Å²) in [6.07, 6.45) is 5.74. The summed E-state index contributed by atoms with van der Waals surface area (Å²) in [5.41, 5.74) is 0. The predicted octanol–water partition coefficient (Wildman–Crippen LogP) is 2.73. The molecule has 0 heterocycles. The molecule has 0 rings (SSSR count). The Labute approximate surface area is 195 Å². The molecule has 4 amide bonds. The molecule has 0 fully saturated rings. The molecular formula is C21H40N4O6S. The van der Waals surface area contributed by atoms with Crippen molar-refractivity contribution in [1.82, 2.24) is 20.9 Å². The largest absolute Gasteiger partial charge is 0.465 e. The quantitative estimate of drug-likeness (QED) is 0.180. The van der Waals surface area contributed by atoms with Crippen molar-refractivity contribution in [2.75, 3.05) is 37.7 Å². The number of carbonyl (C=O) groups excluding carboxylic acids is 2. The maximum absolute atomic E-state index is 13.1. The Morgan fingerprint density at radius 3 is 1.88 bits per heavy atom. The third kappa shape index (κ3) is 17.5. The van der Waals surface area contributed by atoms with E-state index in [0.717, 1.165) is 18.6 Å². The van der Waals surface area contributed by atoms with Gasteiger partial charge in [-0.2, -0.15) is 11.8 Å². The smallest absolute Gasteiger partial charge is 0.404 e. The van der Waals surface area contributed by atoms with Crippen molar-refractivity contribution >= 4 is 35.8 Å². The average molecular weight is 477 g/mol. The van der Waals surface area contributed by atoms with Crippen LogP contribution in [0, 0.1) is 0 Å². The maximum Gasteiger partial charge on any atom is 0.404 e. The van der Waals surface area contributed by atoms with E-state index in [4.69, 9.17) is 10.2 Å². The second kappa shape index (κ2) is 19.5. The predicted molar refractivity (Wildman–Crippen MR) is 126 cm³/mol. The van der Waals surface area contributed by atoms with Crippen LogP contribution in [0.2, 0.25) is 0 Å². The van der Waals surface area contributed by atoms with Gasteiger partial charge in [-0.05, 0) is 25.0 Å². The van der Waals surface area contributed by atoms with Crippen LogP contribution in [-0.2, 0) is 9.59 Å². The van der Waals surface area contributed by atoms with Gasteiger partial charge in [0, 0.05) is 38.9 Å². The molecule has 0 saturated carbocycles.